The van der Waals surface area contributed by atoms with Gasteiger partial charge in [-0.25, -0.2) is 9.78 Å². The summed E-state index contributed by atoms with van der Waals surface area (Å²) in [7, 11) is -2.06. The van der Waals surface area contributed by atoms with Gasteiger partial charge in [0.2, 0.25) is 0 Å². The third-order valence-electron chi connectivity index (χ3n) is 1.94. The maximum absolute atomic E-state index is 11.6. The van der Waals surface area contributed by atoms with E-state index >= 15 is 0 Å². The van der Waals surface area contributed by atoms with Gasteiger partial charge in [0, 0.05) is 6.16 Å². The van der Waals surface area contributed by atoms with E-state index < -0.39 is 8.03 Å². The molecule has 4 nitrogen and oxygen atoms in total. The summed E-state index contributed by atoms with van der Waals surface area (Å²) in [5.41, 5.74) is 0.670. The summed E-state index contributed by atoms with van der Waals surface area (Å²) in [6.07, 6.45) is 0.369. The van der Waals surface area contributed by atoms with Crippen molar-refractivity contribution in [2.45, 2.75) is 33.0 Å². The highest BCUT2D eigenvalue weighted by atomic mass is 31.1. The number of hydrogen-bond donors (Lipinski definition) is 0. The molecular weight excluding hydrogens is 251 g/mol. The van der Waals surface area contributed by atoms with E-state index in [1.165, 1.54) is 0 Å². The van der Waals surface area contributed by atoms with E-state index in [2.05, 4.69) is 0 Å². The van der Waals surface area contributed by atoms with Crippen molar-refractivity contribution in [3.8, 4) is 0 Å². The Morgan fingerprint density at radius 3 is 2.44 bits per heavy atom. The van der Waals surface area contributed by atoms with Crippen molar-refractivity contribution < 1.29 is 18.9 Å². The van der Waals surface area contributed by atoms with Gasteiger partial charge in [-0.05, 0) is 26.3 Å². The van der Waals surface area contributed by atoms with Gasteiger partial charge in [0.05, 0.1) is 18.8 Å². The molecule has 102 valence electrons. The van der Waals surface area contributed by atoms with Gasteiger partial charge in [-0.3, -0.25) is 4.57 Å². The first-order valence-corrected chi connectivity index (χ1v) is 7.50. The highest BCUT2D eigenvalue weighted by Crippen LogP contribution is 2.23. The summed E-state index contributed by atoms with van der Waals surface area (Å²) in [5, 5.41) is 0. The summed E-state index contributed by atoms with van der Waals surface area (Å²) in [6.45, 7) is 6.33. The van der Waals surface area contributed by atoms with Crippen LogP contribution in [-0.4, -0.2) is 18.4 Å². The first kappa shape index (κ1) is 15.4. The van der Waals surface area contributed by atoms with Crippen molar-refractivity contribution in [2.24, 2.45) is 0 Å². The molecule has 1 rings (SSSR count). The minimum absolute atomic E-state index is 0.282. The molecule has 1 atom stereocenters. The Balaban J connectivity index is 2.11. The van der Waals surface area contributed by atoms with Crippen molar-refractivity contribution in [3.05, 3.63) is 35.9 Å². The van der Waals surface area contributed by atoms with Gasteiger partial charge in [-0.15, -0.1) is 0 Å². The molecular formula is C13H21O4P. The van der Waals surface area contributed by atoms with E-state index in [1.807, 2.05) is 51.1 Å². The standard InChI is InChI=1S/C13H21O4P/c1-13(2,3)17-15-9-10-18(14)16-11-12-7-5-4-6-8-12/h4-8,18H,9-11H2,1-3H3. The van der Waals surface area contributed by atoms with Gasteiger partial charge in [0.15, 0.2) is 8.03 Å². The first-order chi connectivity index (χ1) is 8.47. The second-order valence-electron chi connectivity index (χ2n) is 4.91. The highest BCUT2D eigenvalue weighted by Gasteiger charge is 2.11. The van der Waals surface area contributed by atoms with E-state index in [9.17, 15) is 4.57 Å². The Morgan fingerprint density at radius 1 is 1.17 bits per heavy atom. The smallest absolute Gasteiger partial charge is 0.194 e. The fourth-order valence-corrected chi connectivity index (χ4v) is 1.88. The van der Waals surface area contributed by atoms with Gasteiger partial charge < -0.3 is 4.52 Å². The van der Waals surface area contributed by atoms with Crippen molar-refractivity contribution in [2.75, 3.05) is 12.8 Å². The van der Waals surface area contributed by atoms with Gasteiger partial charge >= 0.3 is 0 Å². The van der Waals surface area contributed by atoms with Crippen molar-refractivity contribution >= 4 is 8.03 Å². The van der Waals surface area contributed by atoms with E-state index in [1.54, 1.807) is 0 Å². The van der Waals surface area contributed by atoms with Crippen LogP contribution in [0.5, 0.6) is 0 Å². The van der Waals surface area contributed by atoms with Crippen molar-refractivity contribution in [1.29, 1.82) is 0 Å². The van der Waals surface area contributed by atoms with Crippen LogP contribution in [-0.2, 0) is 25.5 Å². The zero-order valence-electron chi connectivity index (χ0n) is 11.1. The zero-order chi connectivity index (χ0) is 13.4. The van der Waals surface area contributed by atoms with Gasteiger partial charge in [0.25, 0.3) is 0 Å². The fourth-order valence-electron chi connectivity index (χ4n) is 1.15. The van der Waals surface area contributed by atoms with Crippen LogP contribution in [0.2, 0.25) is 0 Å². The average molecular weight is 272 g/mol. The Labute approximate surface area is 109 Å². The molecule has 1 unspecified atom stereocenters. The molecule has 0 aliphatic heterocycles. The molecule has 0 amide bonds. The molecule has 0 aromatic heterocycles. The Hall–Kier alpha value is -0.670. The molecule has 18 heavy (non-hydrogen) atoms. The molecule has 0 saturated heterocycles. The Bertz CT molecular complexity index is 359. The summed E-state index contributed by atoms with van der Waals surface area (Å²) in [6, 6.07) is 9.67. The quantitative estimate of drug-likeness (QED) is 0.330. The zero-order valence-corrected chi connectivity index (χ0v) is 12.1. The fraction of sp³-hybridized carbons (Fsp3) is 0.538. The normalized spacial score (nSPS) is 13.5. The lowest BCUT2D eigenvalue weighted by molar-refractivity contribution is -0.345. The molecule has 0 aliphatic rings. The average Bonchev–Trinajstić information content (AvgIpc) is 2.32. The lowest BCUT2D eigenvalue weighted by Crippen LogP contribution is -2.20. The minimum atomic E-state index is -2.06. The van der Waals surface area contributed by atoms with Crippen LogP contribution in [0.4, 0.5) is 0 Å². The maximum Gasteiger partial charge on any atom is 0.194 e. The first-order valence-electron chi connectivity index (χ1n) is 5.97. The van der Waals surface area contributed by atoms with Crippen LogP contribution in [0.25, 0.3) is 0 Å². The monoisotopic (exact) mass is 272 g/mol. The third-order valence-corrected chi connectivity index (χ3v) is 3.02. The molecule has 1 aromatic carbocycles. The van der Waals surface area contributed by atoms with Gasteiger partial charge in [-0.1, -0.05) is 30.3 Å². The molecule has 0 N–H and O–H groups in total. The molecule has 0 saturated carbocycles. The van der Waals surface area contributed by atoms with Crippen molar-refractivity contribution in [3.63, 3.8) is 0 Å². The highest BCUT2D eigenvalue weighted by molar-refractivity contribution is 7.39. The molecule has 0 radical (unpaired) electrons. The molecule has 0 spiro atoms. The van der Waals surface area contributed by atoms with Crippen molar-refractivity contribution in [1.82, 2.24) is 0 Å². The molecule has 0 heterocycles. The van der Waals surface area contributed by atoms with Crippen LogP contribution in [0, 0.1) is 0 Å². The van der Waals surface area contributed by atoms with Crippen LogP contribution in [0.3, 0.4) is 0 Å². The predicted octanol–water partition coefficient (Wildman–Crippen LogP) is 3.42. The number of rotatable bonds is 7. The van der Waals surface area contributed by atoms with Crippen LogP contribution in [0.1, 0.15) is 26.3 Å². The Morgan fingerprint density at radius 2 is 1.83 bits per heavy atom. The minimum Gasteiger partial charge on any atom is -0.326 e. The van der Waals surface area contributed by atoms with Gasteiger partial charge in [-0.2, -0.15) is 0 Å². The Kier molecular flexibility index (Phi) is 6.58. The summed E-state index contributed by atoms with van der Waals surface area (Å²) in [5.74, 6) is 0. The SMILES string of the molecule is CC(C)(C)OOCC[PH](=O)OCc1ccccc1. The third kappa shape index (κ3) is 7.62. The second-order valence-corrected chi connectivity index (χ2v) is 6.45. The molecule has 5 heteroatoms. The predicted molar refractivity (Wildman–Crippen MR) is 71.9 cm³/mol. The number of benzene rings is 1. The van der Waals surface area contributed by atoms with Gasteiger partial charge in [0.1, 0.15) is 0 Å². The van der Waals surface area contributed by atoms with Crippen LogP contribution >= 0.6 is 8.03 Å². The lowest BCUT2D eigenvalue weighted by Gasteiger charge is -2.17. The molecule has 1 aromatic rings. The topological polar surface area (TPSA) is 44.8 Å². The molecule has 0 bridgehead atoms. The lowest BCUT2D eigenvalue weighted by atomic mass is 10.2. The van der Waals surface area contributed by atoms with E-state index in [-0.39, 0.29) is 12.2 Å². The summed E-state index contributed by atoms with van der Waals surface area (Å²) >= 11 is 0. The molecule has 0 fully saturated rings. The maximum atomic E-state index is 11.6. The molecule has 0 aliphatic carbocycles. The largest absolute Gasteiger partial charge is 0.326 e. The second kappa shape index (κ2) is 7.70. The van der Waals surface area contributed by atoms with E-state index in [0.717, 1.165) is 5.56 Å². The summed E-state index contributed by atoms with van der Waals surface area (Å²) < 4.78 is 16.8. The van der Waals surface area contributed by atoms with Crippen LogP contribution < -0.4 is 0 Å². The number of hydrogen-bond acceptors (Lipinski definition) is 4. The van der Waals surface area contributed by atoms with E-state index in [0.29, 0.717) is 12.8 Å². The summed E-state index contributed by atoms with van der Waals surface area (Å²) in [4.78, 5) is 10.0. The van der Waals surface area contributed by atoms with Crippen LogP contribution in [0.15, 0.2) is 30.3 Å². The van der Waals surface area contributed by atoms with E-state index in [4.69, 9.17) is 14.3 Å².